The predicted molar refractivity (Wildman–Crippen MR) is 98.9 cm³/mol. The van der Waals surface area contributed by atoms with Gasteiger partial charge in [-0.2, -0.15) is 9.59 Å². The van der Waals surface area contributed by atoms with E-state index in [9.17, 15) is 14.4 Å². The number of carboxylic acid groups (broad SMARTS) is 1. The van der Waals surface area contributed by atoms with Gasteiger partial charge in [0.25, 0.3) is 5.91 Å². The lowest BCUT2D eigenvalue weighted by atomic mass is 10.1. The highest BCUT2D eigenvalue weighted by molar-refractivity contribution is 9.10. The zero-order chi connectivity index (χ0) is 19.6. The van der Waals surface area contributed by atoms with Crippen molar-refractivity contribution in [1.82, 2.24) is 4.90 Å². The van der Waals surface area contributed by atoms with E-state index < -0.39 is 17.9 Å². The number of benzene rings is 1. The number of carbonyl (C=O) groups is 3. The number of aliphatic carboxylic acids is 1. The summed E-state index contributed by atoms with van der Waals surface area (Å²) in [4.78, 5) is 53.7. The van der Waals surface area contributed by atoms with Gasteiger partial charge in [0.15, 0.2) is 5.78 Å². The Morgan fingerprint density at radius 3 is 2.58 bits per heavy atom. The van der Waals surface area contributed by atoms with Crippen molar-refractivity contribution in [2.24, 2.45) is 0 Å². The summed E-state index contributed by atoms with van der Waals surface area (Å²) in [7, 11) is 0. The molecule has 134 valence electrons. The number of hydrogen-bond donors (Lipinski definition) is 1. The van der Waals surface area contributed by atoms with Crippen LogP contribution in [0.5, 0.6) is 0 Å². The average Bonchev–Trinajstić information content (AvgIpc) is 3.02. The van der Waals surface area contributed by atoms with Gasteiger partial charge in [-0.3, -0.25) is 14.5 Å². The van der Waals surface area contributed by atoms with Crippen LogP contribution in [0.2, 0.25) is 0 Å². The maximum atomic E-state index is 12.6. The Morgan fingerprint density at radius 1 is 1.38 bits per heavy atom. The minimum atomic E-state index is -1.14. The lowest BCUT2D eigenvalue weighted by Gasteiger charge is -2.18. The number of nitrogens with zero attached hydrogens (tertiary/aromatic N) is 1. The van der Waals surface area contributed by atoms with Gasteiger partial charge in [-0.1, -0.05) is 46.0 Å². The number of Topliss-reactive ketones (excluding diaryl/α,β-unsaturated/α-hetero) is 1. The molecule has 1 heterocycles. The van der Waals surface area contributed by atoms with Crippen LogP contribution in [0.15, 0.2) is 27.6 Å². The van der Waals surface area contributed by atoms with Crippen molar-refractivity contribution in [2.75, 3.05) is 0 Å². The average molecular weight is 456 g/mol. The molecule has 1 fully saturated rings. The number of hydrogen-bond acceptors (Lipinski definition) is 7. The molecule has 1 atom stereocenters. The van der Waals surface area contributed by atoms with Crippen LogP contribution in [0.4, 0.5) is 0 Å². The van der Waals surface area contributed by atoms with E-state index in [0.29, 0.717) is 11.1 Å². The highest BCUT2D eigenvalue weighted by atomic mass is 79.9. The third-order valence-corrected chi connectivity index (χ3v) is 5.64. The maximum absolute atomic E-state index is 12.6. The standard InChI is InChI=1S/C15H10BrNO4S2.CO2/c1-6(14(20)21)17-13(19)12(23-15(17)22)11-9-5-8(16)3-2-7(9)4-10(11)18;2-1-3/h2-3,5-6H,4H2,1H3,(H,20,21);/b12-11-;. The molecular formula is C16H10BrNO6S2. The summed E-state index contributed by atoms with van der Waals surface area (Å²) in [5.74, 6) is -1.82. The first-order valence-corrected chi connectivity index (χ1v) is 9.08. The van der Waals surface area contributed by atoms with Crippen molar-refractivity contribution in [3.05, 3.63) is 38.7 Å². The van der Waals surface area contributed by atoms with E-state index in [1.165, 1.54) is 6.92 Å². The van der Waals surface area contributed by atoms with Crippen LogP contribution in [0.1, 0.15) is 18.1 Å². The van der Waals surface area contributed by atoms with Crippen LogP contribution in [-0.4, -0.2) is 44.2 Å². The molecular weight excluding hydrogens is 446 g/mol. The normalized spacial score (nSPS) is 19.6. The predicted octanol–water partition coefficient (Wildman–Crippen LogP) is 2.04. The number of allylic oxidation sites excluding steroid dienone is 1. The van der Waals surface area contributed by atoms with Crippen molar-refractivity contribution in [3.63, 3.8) is 0 Å². The molecule has 0 radical (unpaired) electrons. The fourth-order valence-electron chi connectivity index (χ4n) is 2.57. The second-order valence-corrected chi connectivity index (χ2v) is 7.81. The SMILES string of the molecule is CC(C(=O)O)N1C(=O)/C(=C2/C(=O)Cc3ccc(Br)cc32)SC1=S.O=C=O. The third kappa shape index (κ3) is 3.68. The molecule has 1 unspecified atom stereocenters. The van der Waals surface area contributed by atoms with Crippen molar-refractivity contribution in [2.45, 2.75) is 19.4 Å². The number of carboxylic acids is 1. The second kappa shape index (κ2) is 8.05. The number of ketones is 1. The number of thioether (sulfide) groups is 1. The van der Waals surface area contributed by atoms with Crippen molar-refractivity contribution in [3.8, 4) is 0 Å². The van der Waals surface area contributed by atoms with Crippen molar-refractivity contribution in [1.29, 1.82) is 0 Å². The number of rotatable bonds is 2. The molecule has 1 aliphatic carbocycles. The number of halogens is 1. The van der Waals surface area contributed by atoms with E-state index in [1.54, 1.807) is 6.07 Å². The van der Waals surface area contributed by atoms with Gasteiger partial charge in [-0.25, -0.2) is 4.79 Å². The van der Waals surface area contributed by atoms with Crippen LogP contribution < -0.4 is 0 Å². The Bertz CT molecular complexity index is 904. The fourth-order valence-corrected chi connectivity index (χ4v) is 4.45. The Morgan fingerprint density at radius 2 is 2.00 bits per heavy atom. The van der Waals surface area contributed by atoms with E-state index in [2.05, 4.69) is 15.9 Å². The number of carbonyl (C=O) groups excluding carboxylic acids is 4. The van der Waals surface area contributed by atoms with Gasteiger partial charge in [-0.15, -0.1) is 0 Å². The Balaban J connectivity index is 0.000000758. The molecule has 26 heavy (non-hydrogen) atoms. The molecule has 1 aliphatic heterocycles. The zero-order valence-corrected chi connectivity index (χ0v) is 16.4. The molecule has 1 N–H and O–H groups in total. The highest BCUT2D eigenvalue weighted by Crippen LogP contribution is 2.42. The first-order chi connectivity index (χ1) is 12.2. The monoisotopic (exact) mass is 455 g/mol. The van der Waals surface area contributed by atoms with Gasteiger partial charge in [0.2, 0.25) is 0 Å². The number of fused-ring (bicyclic) bond motifs is 1. The lowest BCUT2D eigenvalue weighted by molar-refractivity contribution is -0.191. The fraction of sp³-hybridized carbons (Fsp3) is 0.188. The Kier molecular flexibility index (Phi) is 6.25. The maximum Gasteiger partial charge on any atom is 0.373 e. The van der Waals surface area contributed by atoms with Gasteiger partial charge in [0.05, 0.1) is 4.91 Å². The van der Waals surface area contributed by atoms with Crippen molar-refractivity contribution < 1.29 is 29.1 Å². The van der Waals surface area contributed by atoms with Crippen LogP contribution in [-0.2, 0) is 30.4 Å². The van der Waals surface area contributed by atoms with Gasteiger partial charge >= 0.3 is 12.1 Å². The van der Waals surface area contributed by atoms with E-state index in [4.69, 9.17) is 26.9 Å². The summed E-state index contributed by atoms with van der Waals surface area (Å²) in [6.45, 7) is 1.39. The molecule has 0 bridgehead atoms. The van der Waals surface area contributed by atoms with Crippen LogP contribution in [0.25, 0.3) is 5.57 Å². The molecule has 10 heteroatoms. The molecule has 1 aromatic rings. The van der Waals surface area contributed by atoms with Gasteiger partial charge in [0, 0.05) is 16.5 Å². The van der Waals surface area contributed by atoms with Crippen molar-refractivity contribution >= 4 is 73.6 Å². The first kappa shape index (κ1) is 20.2. The molecule has 0 spiro atoms. The van der Waals surface area contributed by atoms with Crippen LogP contribution in [0.3, 0.4) is 0 Å². The molecule has 2 aliphatic rings. The highest BCUT2D eigenvalue weighted by Gasteiger charge is 2.42. The summed E-state index contributed by atoms with van der Waals surface area (Å²) in [5.41, 5.74) is 1.89. The van der Waals surface area contributed by atoms with Crippen LogP contribution >= 0.6 is 39.9 Å². The minimum absolute atomic E-state index is 0.151. The summed E-state index contributed by atoms with van der Waals surface area (Å²) in [5, 5.41) is 9.12. The Labute approximate surface area is 165 Å². The molecule has 7 nitrogen and oxygen atoms in total. The lowest BCUT2D eigenvalue weighted by Crippen LogP contribution is -2.41. The van der Waals surface area contributed by atoms with E-state index in [1.807, 2.05) is 12.1 Å². The summed E-state index contributed by atoms with van der Waals surface area (Å²) in [6.07, 6.45) is 0.483. The molecule has 1 amide bonds. The van der Waals surface area contributed by atoms with E-state index >= 15 is 0 Å². The van der Waals surface area contributed by atoms with Gasteiger partial charge in [-0.05, 0) is 30.2 Å². The van der Waals surface area contributed by atoms with E-state index in [-0.39, 0.29) is 27.6 Å². The molecule has 3 rings (SSSR count). The molecule has 0 aromatic heterocycles. The van der Waals surface area contributed by atoms with E-state index in [0.717, 1.165) is 26.7 Å². The Hall–Kier alpha value is -2.13. The smallest absolute Gasteiger partial charge is 0.373 e. The largest absolute Gasteiger partial charge is 0.480 e. The molecule has 1 aromatic carbocycles. The molecule has 0 saturated carbocycles. The second-order valence-electron chi connectivity index (χ2n) is 5.25. The molecule has 1 saturated heterocycles. The van der Waals surface area contributed by atoms with Gasteiger partial charge < -0.3 is 5.11 Å². The summed E-state index contributed by atoms with van der Waals surface area (Å²) >= 11 is 9.49. The quantitative estimate of drug-likeness (QED) is 0.532. The topological polar surface area (TPSA) is 109 Å². The number of amides is 1. The summed E-state index contributed by atoms with van der Waals surface area (Å²) < 4.78 is 0.960. The summed E-state index contributed by atoms with van der Waals surface area (Å²) in [6, 6.07) is 4.40. The zero-order valence-electron chi connectivity index (χ0n) is 13.1. The third-order valence-electron chi connectivity index (χ3n) is 3.74. The minimum Gasteiger partial charge on any atom is -0.480 e. The van der Waals surface area contributed by atoms with Gasteiger partial charge in [0.1, 0.15) is 10.4 Å². The number of thiocarbonyl (C=S) groups is 1. The van der Waals surface area contributed by atoms with Crippen LogP contribution in [0, 0.1) is 0 Å². The first-order valence-electron chi connectivity index (χ1n) is 7.06.